The van der Waals surface area contributed by atoms with Crippen molar-refractivity contribution >= 4 is 15.7 Å². The smallest absolute Gasteiger partial charge is 0.450 e. The predicted octanol–water partition coefficient (Wildman–Crippen LogP) is 5.78. The summed E-state index contributed by atoms with van der Waals surface area (Å²) >= 11 is 0. The van der Waals surface area contributed by atoms with E-state index in [1.165, 1.54) is 51.4 Å². The number of carboxylic acid groups (broad SMARTS) is 1. The van der Waals surface area contributed by atoms with E-state index in [0.717, 1.165) is 18.4 Å². The first-order chi connectivity index (χ1) is 10.3. The summed E-state index contributed by atoms with van der Waals surface area (Å²) in [5, 5.41) is 8.97. The Hall–Kier alpha value is -0.513. The minimum absolute atomic E-state index is 0.0638. The van der Waals surface area contributed by atoms with E-state index in [1.807, 2.05) is 0 Å². The molecule has 0 unspecified atom stereocenters. The summed E-state index contributed by atoms with van der Waals surface area (Å²) < 4.78 is 4.48. The van der Waals surface area contributed by atoms with E-state index in [-0.39, 0.29) is 9.52 Å². The van der Waals surface area contributed by atoms with Crippen molar-refractivity contribution < 1.29 is 14.6 Å². The number of hydrogen-bond acceptors (Lipinski definition) is 2. The maximum atomic E-state index is 10.2. The van der Waals surface area contributed by atoms with Crippen LogP contribution in [0, 0.1) is 0 Å². The molecule has 0 fully saturated rings. The van der Waals surface area contributed by atoms with Crippen molar-refractivity contribution in [1.82, 2.24) is 0 Å². The van der Waals surface area contributed by atoms with Crippen LogP contribution in [0.15, 0.2) is 0 Å². The van der Waals surface area contributed by atoms with Gasteiger partial charge in [0.25, 0.3) is 0 Å². The van der Waals surface area contributed by atoms with Crippen LogP contribution in [0.5, 0.6) is 0 Å². The molecule has 0 radical (unpaired) electrons. The molecule has 0 aromatic rings. The highest BCUT2D eigenvalue weighted by molar-refractivity contribution is 6.41. The molecule has 0 bridgehead atoms. The molecule has 4 heteroatoms. The van der Waals surface area contributed by atoms with Crippen LogP contribution in [-0.2, 0) is 4.74 Å². The van der Waals surface area contributed by atoms with Crippen molar-refractivity contribution in [2.24, 2.45) is 0 Å². The lowest BCUT2D eigenvalue weighted by atomic mass is 10.0. The third-order valence-electron chi connectivity index (χ3n) is 4.18. The first-order valence-electron chi connectivity index (χ1n) is 9.19. The molecule has 0 heterocycles. The van der Waals surface area contributed by atoms with Gasteiger partial charge in [0.2, 0.25) is 0 Å². The lowest BCUT2D eigenvalue weighted by Gasteiger charge is -2.26. The van der Waals surface area contributed by atoms with Crippen LogP contribution in [0.25, 0.3) is 0 Å². The molecule has 0 aliphatic heterocycles. The summed E-state index contributed by atoms with van der Waals surface area (Å²) in [6.07, 6.45) is 11.5. The number of rotatable bonds is 14. The normalized spacial score (nSPS) is 12.4. The van der Waals surface area contributed by atoms with Gasteiger partial charge in [0.1, 0.15) is 0 Å². The second-order valence-corrected chi connectivity index (χ2v) is 11.8. The molecular formula is C18H38O3Si. The zero-order valence-electron chi connectivity index (χ0n) is 15.3. The van der Waals surface area contributed by atoms with Crippen molar-refractivity contribution in [3.05, 3.63) is 0 Å². The van der Waals surface area contributed by atoms with Gasteiger partial charge in [-0.3, -0.25) is 0 Å². The van der Waals surface area contributed by atoms with E-state index in [9.17, 15) is 4.79 Å². The standard InChI is InChI=1S/C18H38O3Si/c1-16(2)22-18(3,4)14-12-10-8-6-5-7-9-11-13-15-21-17(19)20/h16H,5-15,22H2,1-4H3,(H,19,20). The fourth-order valence-electron chi connectivity index (χ4n) is 3.31. The molecule has 3 nitrogen and oxygen atoms in total. The molecule has 0 rings (SSSR count). The summed E-state index contributed by atoms with van der Waals surface area (Å²) in [6.45, 7) is 10.0. The molecule has 0 aromatic heterocycles. The van der Waals surface area contributed by atoms with Crippen molar-refractivity contribution in [3.8, 4) is 0 Å². The summed E-state index contributed by atoms with van der Waals surface area (Å²) in [5.41, 5.74) is 0.941. The van der Waals surface area contributed by atoms with Gasteiger partial charge >= 0.3 is 6.16 Å². The van der Waals surface area contributed by atoms with Gasteiger partial charge in [-0.1, -0.05) is 91.0 Å². The molecule has 0 aromatic carbocycles. The minimum Gasteiger partial charge on any atom is -0.450 e. The second kappa shape index (κ2) is 13.0. The highest BCUT2D eigenvalue weighted by Gasteiger charge is 2.19. The van der Waals surface area contributed by atoms with Gasteiger partial charge in [-0.2, -0.15) is 0 Å². The zero-order valence-corrected chi connectivity index (χ0v) is 16.7. The van der Waals surface area contributed by atoms with E-state index in [2.05, 4.69) is 32.4 Å². The monoisotopic (exact) mass is 330 g/mol. The Morgan fingerprint density at radius 2 is 1.41 bits per heavy atom. The summed E-state index contributed by atoms with van der Waals surface area (Å²) in [5.74, 6) is 0. The highest BCUT2D eigenvalue weighted by Crippen LogP contribution is 2.33. The van der Waals surface area contributed by atoms with Gasteiger partial charge in [-0.05, 0) is 11.5 Å². The van der Waals surface area contributed by atoms with Crippen molar-refractivity contribution in [1.29, 1.82) is 0 Å². The second-order valence-electron chi connectivity index (χ2n) is 7.81. The van der Waals surface area contributed by atoms with E-state index in [0.29, 0.717) is 11.6 Å². The van der Waals surface area contributed by atoms with E-state index in [4.69, 9.17) is 5.11 Å². The minimum atomic E-state index is -1.15. The quantitative estimate of drug-likeness (QED) is 0.249. The maximum Gasteiger partial charge on any atom is 0.505 e. The molecule has 1 N–H and O–H groups in total. The van der Waals surface area contributed by atoms with Crippen LogP contribution >= 0.6 is 0 Å². The first-order valence-corrected chi connectivity index (χ1v) is 10.7. The molecule has 132 valence electrons. The Morgan fingerprint density at radius 1 is 0.955 bits per heavy atom. The molecule has 0 atom stereocenters. The van der Waals surface area contributed by atoms with Crippen LogP contribution in [0.1, 0.15) is 91.9 Å². The number of unbranched alkanes of at least 4 members (excludes halogenated alkanes) is 8. The molecule has 0 aliphatic rings. The van der Waals surface area contributed by atoms with Gasteiger partial charge in [0, 0.05) is 9.52 Å². The molecule has 0 saturated heterocycles. The van der Waals surface area contributed by atoms with Crippen molar-refractivity contribution in [2.45, 2.75) is 102 Å². The molecule has 0 amide bonds. The van der Waals surface area contributed by atoms with Gasteiger partial charge in [0.05, 0.1) is 6.61 Å². The number of carbonyl (C=O) groups is 1. The first kappa shape index (κ1) is 21.5. The van der Waals surface area contributed by atoms with Crippen LogP contribution in [0.3, 0.4) is 0 Å². The van der Waals surface area contributed by atoms with Crippen LogP contribution in [0.2, 0.25) is 10.6 Å². The molecule has 0 aliphatic carbocycles. The number of hydrogen-bond donors (Lipinski definition) is 1. The SMILES string of the molecule is CC(C)[SiH2]C(C)(C)CCCCCCCCCCCOC(=O)O. The Labute approximate surface area is 140 Å². The van der Waals surface area contributed by atoms with Crippen LogP contribution < -0.4 is 0 Å². The van der Waals surface area contributed by atoms with E-state index >= 15 is 0 Å². The van der Waals surface area contributed by atoms with Crippen molar-refractivity contribution in [3.63, 3.8) is 0 Å². The molecule has 22 heavy (non-hydrogen) atoms. The molecule has 0 spiro atoms. The Balaban J connectivity index is 3.25. The number of ether oxygens (including phenoxy) is 1. The summed E-state index contributed by atoms with van der Waals surface area (Å²) in [6, 6.07) is 0. The van der Waals surface area contributed by atoms with Gasteiger partial charge in [0.15, 0.2) is 0 Å². The topological polar surface area (TPSA) is 46.5 Å². The largest absolute Gasteiger partial charge is 0.505 e. The summed E-state index contributed by atoms with van der Waals surface area (Å²) in [4.78, 5) is 10.2. The maximum absolute atomic E-state index is 10.2. The van der Waals surface area contributed by atoms with Crippen LogP contribution in [-0.4, -0.2) is 27.4 Å². The Kier molecular flexibility index (Phi) is 12.7. The highest BCUT2D eigenvalue weighted by atomic mass is 28.2. The molecular weight excluding hydrogens is 292 g/mol. The zero-order chi connectivity index (χ0) is 16.8. The van der Waals surface area contributed by atoms with Gasteiger partial charge < -0.3 is 9.84 Å². The Morgan fingerprint density at radius 3 is 1.86 bits per heavy atom. The van der Waals surface area contributed by atoms with E-state index in [1.54, 1.807) is 0 Å². The third kappa shape index (κ3) is 15.9. The predicted molar refractivity (Wildman–Crippen MR) is 97.8 cm³/mol. The summed E-state index contributed by atoms with van der Waals surface area (Å²) in [7, 11) is 0.0638. The average molecular weight is 331 g/mol. The fourth-order valence-corrected chi connectivity index (χ4v) is 5.97. The Bertz CT molecular complexity index is 278. The molecule has 0 saturated carbocycles. The van der Waals surface area contributed by atoms with E-state index < -0.39 is 6.16 Å². The van der Waals surface area contributed by atoms with Gasteiger partial charge in [-0.25, -0.2) is 4.79 Å². The lowest BCUT2D eigenvalue weighted by Crippen LogP contribution is -2.15. The average Bonchev–Trinajstić information content (AvgIpc) is 2.38. The lowest BCUT2D eigenvalue weighted by molar-refractivity contribution is 0.0899. The van der Waals surface area contributed by atoms with Crippen LogP contribution in [0.4, 0.5) is 4.79 Å². The third-order valence-corrected chi connectivity index (χ3v) is 6.46. The van der Waals surface area contributed by atoms with Crippen molar-refractivity contribution in [2.75, 3.05) is 6.61 Å². The van der Waals surface area contributed by atoms with Gasteiger partial charge in [-0.15, -0.1) is 0 Å². The fraction of sp³-hybridized carbons (Fsp3) is 0.944.